The van der Waals surface area contributed by atoms with Crippen LogP contribution < -0.4 is 10.2 Å². The van der Waals surface area contributed by atoms with E-state index in [1.165, 1.54) is 18.4 Å². The lowest BCUT2D eigenvalue weighted by molar-refractivity contribution is 0.442. The van der Waals surface area contributed by atoms with Crippen LogP contribution in [0.4, 0.5) is 11.8 Å². The van der Waals surface area contributed by atoms with Crippen LogP contribution in [0.2, 0.25) is 0 Å². The highest BCUT2D eigenvalue weighted by atomic mass is 15.3. The highest BCUT2D eigenvalue weighted by Crippen LogP contribution is 2.20. The van der Waals surface area contributed by atoms with E-state index in [4.69, 9.17) is 0 Å². The van der Waals surface area contributed by atoms with E-state index >= 15 is 0 Å². The summed E-state index contributed by atoms with van der Waals surface area (Å²) < 4.78 is 0. The molecule has 4 nitrogen and oxygen atoms in total. The number of nitrogens with zero attached hydrogens (tertiary/aromatic N) is 3. The summed E-state index contributed by atoms with van der Waals surface area (Å²) in [7, 11) is 0. The molecule has 0 amide bonds. The Labute approximate surface area is 132 Å². The zero-order chi connectivity index (χ0) is 15.2. The van der Waals surface area contributed by atoms with Gasteiger partial charge in [-0.1, -0.05) is 37.3 Å². The third-order valence-corrected chi connectivity index (χ3v) is 4.15. The number of rotatable bonds is 5. The van der Waals surface area contributed by atoms with Crippen LogP contribution in [-0.4, -0.2) is 29.6 Å². The molecule has 2 aromatic rings. The van der Waals surface area contributed by atoms with Crippen molar-refractivity contribution in [1.29, 1.82) is 0 Å². The summed E-state index contributed by atoms with van der Waals surface area (Å²) in [5, 5.41) is 3.41. The molecular formula is C18H24N4. The van der Waals surface area contributed by atoms with Gasteiger partial charge in [0.25, 0.3) is 0 Å². The predicted octanol–water partition coefficient (Wildman–Crippen LogP) is 3.37. The van der Waals surface area contributed by atoms with Crippen molar-refractivity contribution in [3.05, 3.63) is 48.2 Å². The van der Waals surface area contributed by atoms with Gasteiger partial charge < -0.3 is 10.2 Å². The molecule has 0 spiro atoms. The highest BCUT2D eigenvalue weighted by Gasteiger charge is 2.18. The minimum atomic E-state index is 0.729. The van der Waals surface area contributed by atoms with Crippen LogP contribution in [0.15, 0.2) is 42.6 Å². The van der Waals surface area contributed by atoms with Gasteiger partial charge >= 0.3 is 0 Å². The highest BCUT2D eigenvalue weighted by molar-refractivity contribution is 5.41. The van der Waals surface area contributed by atoms with Crippen molar-refractivity contribution in [3.63, 3.8) is 0 Å². The molecule has 116 valence electrons. The number of piperidine rings is 1. The van der Waals surface area contributed by atoms with Crippen LogP contribution >= 0.6 is 0 Å². The van der Waals surface area contributed by atoms with Crippen LogP contribution in [0.3, 0.4) is 0 Å². The van der Waals surface area contributed by atoms with Gasteiger partial charge in [-0.3, -0.25) is 0 Å². The average molecular weight is 296 g/mol. The standard InChI is InChI=1S/C18H24N4/c1-15-6-5-13-22(14-15)18-20-12-10-17(21-18)19-11-9-16-7-3-2-4-8-16/h2-4,7-8,10,12,15H,5-6,9,11,13-14H2,1H3,(H,19,20,21). The monoisotopic (exact) mass is 296 g/mol. The molecule has 1 atom stereocenters. The number of aromatic nitrogens is 2. The lowest BCUT2D eigenvalue weighted by atomic mass is 10.0. The quantitative estimate of drug-likeness (QED) is 0.918. The number of anilines is 2. The molecule has 1 aromatic heterocycles. The molecule has 1 fully saturated rings. The van der Waals surface area contributed by atoms with Crippen molar-refractivity contribution in [2.45, 2.75) is 26.2 Å². The van der Waals surface area contributed by atoms with Crippen LogP contribution in [0, 0.1) is 5.92 Å². The molecule has 22 heavy (non-hydrogen) atoms. The second-order valence-corrected chi connectivity index (χ2v) is 6.10. The normalized spacial score (nSPS) is 18.2. The third-order valence-electron chi connectivity index (χ3n) is 4.15. The van der Waals surface area contributed by atoms with Crippen molar-refractivity contribution in [1.82, 2.24) is 9.97 Å². The zero-order valence-electron chi connectivity index (χ0n) is 13.2. The molecule has 0 bridgehead atoms. The largest absolute Gasteiger partial charge is 0.370 e. The van der Waals surface area contributed by atoms with Gasteiger partial charge in [-0.15, -0.1) is 0 Å². The van der Waals surface area contributed by atoms with Gasteiger partial charge in [-0.05, 0) is 36.8 Å². The van der Waals surface area contributed by atoms with E-state index in [0.717, 1.165) is 43.7 Å². The fourth-order valence-electron chi connectivity index (χ4n) is 2.95. The Morgan fingerprint density at radius 1 is 1.23 bits per heavy atom. The molecule has 1 N–H and O–H groups in total. The van der Waals surface area contributed by atoms with Crippen LogP contribution in [0.25, 0.3) is 0 Å². The van der Waals surface area contributed by atoms with Gasteiger partial charge in [0.1, 0.15) is 5.82 Å². The molecule has 0 radical (unpaired) electrons. The maximum Gasteiger partial charge on any atom is 0.227 e. The Hall–Kier alpha value is -2.10. The van der Waals surface area contributed by atoms with Crippen molar-refractivity contribution in [3.8, 4) is 0 Å². The van der Waals surface area contributed by atoms with Gasteiger partial charge in [0, 0.05) is 25.8 Å². The number of hydrogen-bond donors (Lipinski definition) is 1. The molecule has 1 aromatic carbocycles. The van der Waals surface area contributed by atoms with E-state index in [0.29, 0.717) is 0 Å². The molecule has 1 saturated heterocycles. The molecule has 0 aliphatic carbocycles. The van der Waals surface area contributed by atoms with E-state index in [1.807, 2.05) is 18.3 Å². The minimum Gasteiger partial charge on any atom is -0.370 e. The van der Waals surface area contributed by atoms with Gasteiger partial charge in [0.2, 0.25) is 5.95 Å². The van der Waals surface area contributed by atoms with Crippen molar-refractivity contribution in [2.24, 2.45) is 5.92 Å². The SMILES string of the molecule is CC1CCCN(c2nccc(NCCc3ccccc3)n2)C1. The Bertz CT molecular complexity index is 585. The van der Waals surface area contributed by atoms with Gasteiger partial charge in [0.15, 0.2) is 0 Å². The number of hydrogen-bond acceptors (Lipinski definition) is 4. The fraction of sp³-hybridized carbons (Fsp3) is 0.444. The summed E-state index contributed by atoms with van der Waals surface area (Å²) in [6.07, 6.45) is 5.40. The van der Waals surface area contributed by atoms with E-state index in [9.17, 15) is 0 Å². The Morgan fingerprint density at radius 3 is 2.91 bits per heavy atom. The summed E-state index contributed by atoms with van der Waals surface area (Å²) in [5.74, 6) is 2.50. The summed E-state index contributed by atoms with van der Waals surface area (Å²) in [4.78, 5) is 11.4. The van der Waals surface area contributed by atoms with Crippen molar-refractivity contribution < 1.29 is 0 Å². The molecule has 1 aliphatic rings. The van der Waals surface area contributed by atoms with E-state index in [-0.39, 0.29) is 0 Å². The zero-order valence-corrected chi connectivity index (χ0v) is 13.2. The number of nitrogens with one attached hydrogen (secondary N) is 1. The second kappa shape index (κ2) is 7.25. The molecule has 1 unspecified atom stereocenters. The molecule has 3 rings (SSSR count). The molecule has 4 heteroatoms. The molecule has 0 saturated carbocycles. The predicted molar refractivity (Wildman–Crippen MR) is 91.3 cm³/mol. The maximum atomic E-state index is 4.67. The van der Waals surface area contributed by atoms with Crippen molar-refractivity contribution in [2.75, 3.05) is 29.9 Å². The first-order valence-electron chi connectivity index (χ1n) is 8.17. The van der Waals surface area contributed by atoms with Crippen LogP contribution in [0.5, 0.6) is 0 Å². The molecule has 1 aliphatic heterocycles. The summed E-state index contributed by atoms with van der Waals surface area (Å²) >= 11 is 0. The van der Waals surface area contributed by atoms with Crippen LogP contribution in [-0.2, 0) is 6.42 Å². The second-order valence-electron chi connectivity index (χ2n) is 6.10. The smallest absolute Gasteiger partial charge is 0.227 e. The first-order chi connectivity index (χ1) is 10.8. The van der Waals surface area contributed by atoms with Gasteiger partial charge in [0.05, 0.1) is 0 Å². The lowest BCUT2D eigenvalue weighted by Crippen LogP contribution is -2.35. The van der Waals surface area contributed by atoms with E-state index in [2.05, 4.69) is 51.4 Å². The van der Waals surface area contributed by atoms with Crippen molar-refractivity contribution >= 4 is 11.8 Å². The minimum absolute atomic E-state index is 0.729. The topological polar surface area (TPSA) is 41.1 Å². The lowest BCUT2D eigenvalue weighted by Gasteiger charge is -2.30. The van der Waals surface area contributed by atoms with Gasteiger partial charge in [-0.2, -0.15) is 4.98 Å². The summed E-state index contributed by atoms with van der Waals surface area (Å²) in [5.41, 5.74) is 1.34. The van der Waals surface area contributed by atoms with Crippen LogP contribution in [0.1, 0.15) is 25.3 Å². The molecular weight excluding hydrogens is 272 g/mol. The Balaban J connectivity index is 1.57. The third kappa shape index (κ3) is 3.97. The van der Waals surface area contributed by atoms with E-state index in [1.54, 1.807) is 0 Å². The van der Waals surface area contributed by atoms with E-state index < -0.39 is 0 Å². The first-order valence-corrected chi connectivity index (χ1v) is 8.17. The Morgan fingerprint density at radius 2 is 2.09 bits per heavy atom. The summed E-state index contributed by atoms with van der Waals surface area (Å²) in [6.45, 7) is 5.32. The Kier molecular flexibility index (Phi) is 4.88. The maximum absolute atomic E-state index is 4.67. The first kappa shape index (κ1) is 14.8. The van der Waals surface area contributed by atoms with Gasteiger partial charge in [-0.25, -0.2) is 4.98 Å². The molecule has 2 heterocycles. The average Bonchev–Trinajstić information content (AvgIpc) is 2.56. The number of benzene rings is 1. The summed E-state index contributed by atoms with van der Waals surface area (Å²) in [6, 6.07) is 12.5. The fourth-order valence-corrected chi connectivity index (χ4v) is 2.95.